The highest BCUT2D eigenvalue weighted by molar-refractivity contribution is 5.92. The van der Waals surface area contributed by atoms with Crippen LogP contribution in [0.5, 0.6) is 0 Å². The zero-order chi connectivity index (χ0) is 17.2. The maximum atomic E-state index is 12.9. The molecule has 0 saturated carbocycles. The highest BCUT2D eigenvalue weighted by Crippen LogP contribution is 2.33. The Balaban J connectivity index is 1.52. The van der Waals surface area contributed by atoms with Crippen molar-refractivity contribution in [2.45, 2.75) is 38.6 Å². The molecule has 2 aromatic heterocycles. The lowest BCUT2D eigenvalue weighted by Gasteiger charge is -2.25. The van der Waals surface area contributed by atoms with Gasteiger partial charge in [0.25, 0.3) is 0 Å². The van der Waals surface area contributed by atoms with Gasteiger partial charge in [0.15, 0.2) is 11.6 Å². The number of hydrogen-bond donors (Lipinski definition) is 1. The topological polar surface area (TPSA) is 74.5 Å². The van der Waals surface area contributed by atoms with Gasteiger partial charge in [-0.05, 0) is 44.7 Å². The van der Waals surface area contributed by atoms with E-state index in [0.717, 1.165) is 55.4 Å². The lowest BCUT2D eigenvalue weighted by atomic mass is 10.1. The van der Waals surface area contributed by atoms with Gasteiger partial charge < -0.3 is 19.6 Å². The Hall–Kier alpha value is -2.57. The van der Waals surface area contributed by atoms with Crippen LogP contribution in [-0.4, -0.2) is 40.7 Å². The molecule has 2 fully saturated rings. The van der Waals surface area contributed by atoms with Crippen LogP contribution < -0.4 is 10.2 Å². The van der Waals surface area contributed by atoms with Crippen LogP contribution in [0.4, 0.5) is 16.3 Å². The van der Waals surface area contributed by atoms with Crippen LogP contribution in [0.3, 0.4) is 0 Å². The number of anilines is 2. The number of amides is 2. The quantitative estimate of drug-likeness (QED) is 0.927. The molecular formula is C18H23N5O2. The Morgan fingerprint density at radius 1 is 1.28 bits per heavy atom. The summed E-state index contributed by atoms with van der Waals surface area (Å²) in [4.78, 5) is 21.4. The number of urea groups is 1. The Bertz CT molecular complexity index is 753. The lowest BCUT2D eigenvalue weighted by Crippen LogP contribution is -2.35. The van der Waals surface area contributed by atoms with Crippen molar-refractivity contribution in [2.24, 2.45) is 0 Å². The van der Waals surface area contributed by atoms with Crippen molar-refractivity contribution >= 4 is 17.5 Å². The van der Waals surface area contributed by atoms with E-state index in [4.69, 9.17) is 4.52 Å². The van der Waals surface area contributed by atoms with E-state index in [2.05, 4.69) is 20.4 Å². The summed E-state index contributed by atoms with van der Waals surface area (Å²) >= 11 is 0. The fourth-order valence-corrected chi connectivity index (χ4v) is 3.71. The smallest absolute Gasteiger partial charge is 0.322 e. The molecule has 0 spiro atoms. The third-order valence-electron chi connectivity index (χ3n) is 4.92. The molecule has 7 heteroatoms. The molecule has 0 bridgehead atoms. The van der Waals surface area contributed by atoms with E-state index in [1.807, 2.05) is 30.0 Å². The summed E-state index contributed by atoms with van der Waals surface area (Å²) in [5.74, 6) is 1.62. The van der Waals surface area contributed by atoms with Gasteiger partial charge in [0.2, 0.25) is 0 Å². The largest absolute Gasteiger partial charge is 0.359 e. The molecule has 2 aliphatic rings. The number of aromatic nitrogens is 2. The molecule has 0 unspecified atom stereocenters. The summed E-state index contributed by atoms with van der Waals surface area (Å²) in [6, 6.07) is 5.53. The van der Waals surface area contributed by atoms with E-state index in [1.165, 1.54) is 12.8 Å². The lowest BCUT2D eigenvalue weighted by molar-refractivity contribution is 0.195. The average molecular weight is 341 g/mol. The van der Waals surface area contributed by atoms with Crippen LogP contribution >= 0.6 is 0 Å². The zero-order valence-corrected chi connectivity index (χ0v) is 14.4. The Morgan fingerprint density at radius 2 is 2.12 bits per heavy atom. The fourth-order valence-electron chi connectivity index (χ4n) is 3.71. The van der Waals surface area contributed by atoms with Gasteiger partial charge in [-0.1, -0.05) is 5.16 Å². The van der Waals surface area contributed by atoms with E-state index in [1.54, 1.807) is 6.20 Å². The third kappa shape index (κ3) is 3.18. The Morgan fingerprint density at radius 3 is 2.88 bits per heavy atom. The molecule has 2 aromatic rings. The predicted octanol–water partition coefficient (Wildman–Crippen LogP) is 3.35. The second-order valence-electron chi connectivity index (χ2n) is 6.72. The fraction of sp³-hybridized carbons (Fsp3) is 0.500. The van der Waals surface area contributed by atoms with Gasteiger partial charge in [0.1, 0.15) is 0 Å². The normalized spacial score (nSPS) is 20.3. The number of pyridine rings is 1. The van der Waals surface area contributed by atoms with Gasteiger partial charge in [-0.15, -0.1) is 0 Å². The number of nitrogens with one attached hydrogen (secondary N) is 1. The molecule has 0 aliphatic carbocycles. The zero-order valence-electron chi connectivity index (χ0n) is 14.4. The van der Waals surface area contributed by atoms with Gasteiger partial charge >= 0.3 is 6.03 Å². The molecule has 7 nitrogen and oxygen atoms in total. The summed E-state index contributed by atoms with van der Waals surface area (Å²) in [5, 5.41) is 7.01. The van der Waals surface area contributed by atoms with E-state index < -0.39 is 0 Å². The van der Waals surface area contributed by atoms with Crippen LogP contribution in [0.15, 0.2) is 28.9 Å². The van der Waals surface area contributed by atoms with Crippen LogP contribution in [0.1, 0.15) is 43.2 Å². The average Bonchev–Trinajstić information content (AvgIpc) is 3.36. The van der Waals surface area contributed by atoms with Crippen molar-refractivity contribution in [3.63, 3.8) is 0 Å². The van der Waals surface area contributed by atoms with Gasteiger partial charge in [0.05, 0.1) is 17.4 Å². The number of aryl methyl sites for hydroxylation is 1. The maximum Gasteiger partial charge on any atom is 0.322 e. The number of carbonyl (C=O) groups is 1. The highest BCUT2D eigenvalue weighted by atomic mass is 16.5. The van der Waals surface area contributed by atoms with E-state index in [0.29, 0.717) is 0 Å². The van der Waals surface area contributed by atoms with E-state index >= 15 is 0 Å². The predicted molar refractivity (Wildman–Crippen MR) is 94.6 cm³/mol. The molecule has 1 N–H and O–H groups in total. The van der Waals surface area contributed by atoms with Crippen molar-refractivity contribution < 1.29 is 9.32 Å². The van der Waals surface area contributed by atoms with Crippen molar-refractivity contribution in [1.82, 2.24) is 15.0 Å². The van der Waals surface area contributed by atoms with Crippen molar-refractivity contribution in [1.29, 1.82) is 0 Å². The van der Waals surface area contributed by atoms with Crippen LogP contribution in [0, 0.1) is 6.92 Å². The molecule has 2 saturated heterocycles. The molecular weight excluding hydrogens is 318 g/mol. The van der Waals surface area contributed by atoms with Crippen LogP contribution in [-0.2, 0) is 0 Å². The molecule has 25 heavy (non-hydrogen) atoms. The molecule has 2 amide bonds. The molecule has 1 atom stereocenters. The highest BCUT2D eigenvalue weighted by Gasteiger charge is 2.33. The minimum absolute atomic E-state index is 0.0480. The van der Waals surface area contributed by atoms with Crippen molar-refractivity contribution in [3.05, 3.63) is 35.9 Å². The summed E-state index contributed by atoms with van der Waals surface area (Å²) in [7, 11) is 0. The molecule has 4 rings (SSSR count). The van der Waals surface area contributed by atoms with Gasteiger partial charge in [0, 0.05) is 31.9 Å². The molecule has 0 aromatic carbocycles. The first-order valence-electron chi connectivity index (χ1n) is 8.93. The van der Waals surface area contributed by atoms with Gasteiger partial charge in [-0.3, -0.25) is 0 Å². The number of rotatable bonds is 3. The van der Waals surface area contributed by atoms with E-state index in [-0.39, 0.29) is 12.1 Å². The number of carbonyl (C=O) groups excluding carboxylic acids is 1. The monoisotopic (exact) mass is 341 g/mol. The second kappa shape index (κ2) is 6.74. The third-order valence-corrected chi connectivity index (χ3v) is 4.92. The van der Waals surface area contributed by atoms with Crippen molar-refractivity contribution in [2.75, 3.05) is 29.9 Å². The first kappa shape index (κ1) is 15.9. The number of hydrogen-bond acceptors (Lipinski definition) is 5. The number of likely N-dealkylation sites (tertiary alicyclic amines) is 1. The Labute approximate surface area is 147 Å². The van der Waals surface area contributed by atoms with Gasteiger partial charge in [-0.2, -0.15) is 0 Å². The van der Waals surface area contributed by atoms with Crippen LogP contribution in [0.25, 0.3) is 0 Å². The summed E-state index contributed by atoms with van der Waals surface area (Å²) in [5.41, 5.74) is 1.61. The van der Waals surface area contributed by atoms with E-state index in [9.17, 15) is 4.79 Å². The number of nitrogens with zero attached hydrogens (tertiary/aromatic N) is 4. The maximum absolute atomic E-state index is 12.9. The summed E-state index contributed by atoms with van der Waals surface area (Å²) < 4.78 is 5.39. The summed E-state index contributed by atoms with van der Waals surface area (Å²) in [6.45, 7) is 4.59. The standard InChI is InChI=1S/C18H23N5O2/c1-13-12-16(25-21-13)15-7-5-11-23(15)18(24)20-14-6-4-8-19-17(14)22-9-2-3-10-22/h4,6,8,12,15H,2-3,5,7,9-11H2,1H3,(H,20,24)/t15-/m1/s1. The van der Waals surface area contributed by atoms with Gasteiger partial charge in [-0.25, -0.2) is 9.78 Å². The second-order valence-corrected chi connectivity index (χ2v) is 6.72. The first-order chi connectivity index (χ1) is 12.2. The SMILES string of the molecule is Cc1cc([C@H]2CCCN2C(=O)Nc2cccnc2N2CCCC2)on1. The Kier molecular flexibility index (Phi) is 4.29. The molecule has 132 valence electrons. The minimum Gasteiger partial charge on any atom is -0.359 e. The molecule has 4 heterocycles. The van der Waals surface area contributed by atoms with Crippen LogP contribution in [0.2, 0.25) is 0 Å². The first-order valence-corrected chi connectivity index (χ1v) is 8.93. The summed E-state index contributed by atoms with van der Waals surface area (Å²) in [6.07, 6.45) is 5.98. The molecule has 2 aliphatic heterocycles. The van der Waals surface area contributed by atoms with Crippen molar-refractivity contribution in [3.8, 4) is 0 Å². The minimum atomic E-state index is -0.106. The molecule has 0 radical (unpaired) electrons.